The molecule has 2 amide bonds. The molecule has 0 spiro atoms. The smallest absolute Gasteiger partial charge is 0.307 e. The molecule has 0 aromatic carbocycles. The summed E-state index contributed by atoms with van der Waals surface area (Å²) in [4.78, 5) is 37.0. The maximum atomic E-state index is 12.8. The summed E-state index contributed by atoms with van der Waals surface area (Å²) >= 11 is 0. The highest BCUT2D eigenvalue weighted by molar-refractivity contribution is 6.03. The predicted octanol–water partition coefficient (Wildman–Crippen LogP) is 2.57. The number of allylic oxidation sites excluding steroid dienone is 2. The van der Waals surface area contributed by atoms with Crippen molar-refractivity contribution in [3.05, 3.63) is 24.0 Å². The van der Waals surface area contributed by atoms with Gasteiger partial charge in [-0.15, -0.1) is 0 Å². The van der Waals surface area contributed by atoms with Crippen LogP contribution in [0.25, 0.3) is 0 Å². The molecule has 0 bridgehead atoms. The average Bonchev–Trinajstić information content (AvgIpc) is 3.11. The van der Waals surface area contributed by atoms with Crippen molar-refractivity contribution >= 4 is 23.5 Å². The van der Waals surface area contributed by atoms with Crippen molar-refractivity contribution < 1.29 is 19.5 Å². The van der Waals surface area contributed by atoms with Crippen LogP contribution in [0.3, 0.4) is 0 Å². The van der Waals surface area contributed by atoms with Gasteiger partial charge in [0.05, 0.1) is 17.5 Å². The summed E-state index contributed by atoms with van der Waals surface area (Å²) in [6.07, 6.45) is 11.3. The Labute approximate surface area is 164 Å². The van der Waals surface area contributed by atoms with Gasteiger partial charge in [-0.1, -0.05) is 31.4 Å². The molecule has 1 heterocycles. The Morgan fingerprint density at radius 2 is 1.82 bits per heavy atom. The quantitative estimate of drug-likeness (QED) is 0.648. The summed E-state index contributed by atoms with van der Waals surface area (Å²) < 4.78 is 1.60. The molecule has 3 rings (SSSR count). The number of aryl methyl sites for hydroxylation is 1. The fourth-order valence-corrected chi connectivity index (χ4v) is 3.95. The zero-order valence-corrected chi connectivity index (χ0v) is 16.2. The number of carbonyl (C=O) groups excluding carboxylic acids is 2. The summed E-state index contributed by atoms with van der Waals surface area (Å²) in [6, 6.07) is 0.136. The van der Waals surface area contributed by atoms with E-state index in [-0.39, 0.29) is 23.6 Å². The maximum absolute atomic E-state index is 12.8. The van der Waals surface area contributed by atoms with E-state index in [9.17, 15) is 19.5 Å². The third-order valence-corrected chi connectivity index (χ3v) is 5.59. The molecule has 1 fully saturated rings. The minimum absolute atomic E-state index is 0.136. The Hall–Kier alpha value is -2.64. The SMILES string of the molecule is CCn1cc(NC(=O)[C@H]2CC=CC[C@H]2C(=O)O)c(C(=O)NC2CCCCC2)n1. The van der Waals surface area contributed by atoms with Crippen LogP contribution < -0.4 is 10.6 Å². The molecule has 2 atom stereocenters. The van der Waals surface area contributed by atoms with Gasteiger partial charge in [-0.25, -0.2) is 0 Å². The fraction of sp³-hybridized carbons (Fsp3) is 0.600. The Bertz CT molecular complexity index is 764. The highest BCUT2D eigenvalue weighted by Gasteiger charge is 2.35. The number of hydrogen-bond acceptors (Lipinski definition) is 4. The van der Waals surface area contributed by atoms with Crippen LogP contribution in [0.5, 0.6) is 0 Å². The Morgan fingerprint density at radius 3 is 2.46 bits per heavy atom. The van der Waals surface area contributed by atoms with Gasteiger partial charge in [0.2, 0.25) is 5.91 Å². The van der Waals surface area contributed by atoms with Gasteiger partial charge in [-0.2, -0.15) is 5.10 Å². The topological polar surface area (TPSA) is 113 Å². The molecule has 1 aromatic rings. The number of carbonyl (C=O) groups is 3. The molecule has 0 unspecified atom stereocenters. The van der Waals surface area contributed by atoms with E-state index in [2.05, 4.69) is 15.7 Å². The number of carboxylic acid groups (broad SMARTS) is 1. The van der Waals surface area contributed by atoms with Crippen LogP contribution in [0.1, 0.15) is 62.4 Å². The maximum Gasteiger partial charge on any atom is 0.307 e. The fourth-order valence-electron chi connectivity index (χ4n) is 3.95. The molecule has 1 saturated carbocycles. The van der Waals surface area contributed by atoms with E-state index in [1.54, 1.807) is 17.0 Å². The third-order valence-electron chi connectivity index (χ3n) is 5.59. The van der Waals surface area contributed by atoms with Gasteiger partial charge in [0, 0.05) is 18.8 Å². The molecular weight excluding hydrogens is 360 g/mol. The van der Waals surface area contributed by atoms with Crippen molar-refractivity contribution in [1.82, 2.24) is 15.1 Å². The molecule has 28 heavy (non-hydrogen) atoms. The second-order valence-corrected chi connectivity index (χ2v) is 7.54. The number of anilines is 1. The van der Waals surface area contributed by atoms with Crippen molar-refractivity contribution in [1.29, 1.82) is 0 Å². The van der Waals surface area contributed by atoms with E-state index in [0.29, 0.717) is 25.1 Å². The van der Waals surface area contributed by atoms with Crippen LogP contribution in [-0.2, 0) is 16.1 Å². The molecule has 2 aliphatic rings. The highest BCUT2D eigenvalue weighted by Crippen LogP contribution is 2.28. The van der Waals surface area contributed by atoms with Crippen LogP contribution in [0.4, 0.5) is 5.69 Å². The van der Waals surface area contributed by atoms with Crippen molar-refractivity contribution in [2.45, 2.75) is 64.5 Å². The van der Waals surface area contributed by atoms with E-state index in [4.69, 9.17) is 0 Å². The van der Waals surface area contributed by atoms with Crippen molar-refractivity contribution in [2.75, 3.05) is 5.32 Å². The minimum atomic E-state index is -0.982. The molecule has 2 aliphatic carbocycles. The molecule has 0 saturated heterocycles. The standard InChI is InChI=1S/C20H28N4O4/c1-2-24-12-16(17(23-24)19(26)21-13-8-4-3-5-9-13)22-18(25)14-10-6-7-11-15(14)20(27)28/h6-7,12-15H,2-5,8-11H2,1H3,(H,21,26)(H,22,25)(H,27,28)/t14-,15+/m0/s1. The van der Waals surface area contributed by atoms with Crippen molar-refractivity contribution in [2.24, 2.45) is 11.8 Å². The monoisotopic (exact) mass is 388 g/mol. The molecule has 1 aromatic heterocycles. The lowest BCUT2D eigenvalue weighted by molar-refractivity contribution is -0.146. The number of nitrogens with zero attached hydrogens (tertiary/aromatic N) is 2. The molecular formula is C20H28N4O4. The summed E-state index contributed by atoms with van der Waals surface area (Å²) in [7, 11) is 0. The zero-order chi connectivity index (χ0) is 20.1. The Kier molecular flexibility index (Phi) is 6.49. The van der Waals surface area contributed by atoms with Gasteiger partial charge in [0.25, 0.3) is 5.91 Å². The Balaban J connectivity index is 1.74. The van der Waals surface area contributed by atoms with Crippen LogP contribution in [0.15, 0.2) is 18.3 Å². The van der Waals surface area contributed by atoms with Gasteiger partial charge < -0.3 is 15.7 Å². The highest BCUT2D eigenvalue weighted by atomic mass is 16.4. The summed E-state index contributed by atoms with van der Waals surface area (Å²) in [5.74, 6) is -3.09. The van der Waals surface area contributed by atoms with Crippen molar-refractivity contribution in [3.8, 4) is 0 Å². The van der Waals surface area contributed by atoms with E-state index in [1.807, 2.05) is 13.0 Å². The largest absolute Gasteiger partial charge is 0.481 e. The number of nitrogens with one attached hydrogen (secondary N) is 2. The number of aromatic nitrogens is 2. The van der Waals surface area contributed by atoms with Gasteiger partial charge in [0.1, 0.15) is 0 Å². The van der Waals surface area contributed by atoms with E-state index in [1.165, 1.54) is 6.42 Å². The van der Waals surface area contributed by atoms with Gasteiger partial charge in [0.15, 0.2) is 5.69 Å². The number of amides is 2. The first kappa shape index (κ1) is 20.1. The third kappa shape index (κ3) is 4.61. The number of rotatable bonds is 6. The van der Waals surface area contributed by atoms with Crippen LogP contribution in [0.2, 0.25) is 0 Å². The van der Waals surface area contributed by atoms with E-state index >= 15 is 0 Å². The molecule has 0 radical (unpaired) electrons. The summed E-state index contributed by atoms with van der Waals surface area (Å²) in [5.41, 5.74) is 0.512. The minimum Gasteiger partial charge on any atom is -0.481 e. The molecule has 8 nitrogen and oxygen atoms in total. The van der Waals surface area contributed by atoms with Crippen LogP contribution in [0, 0.1) is 11.8 Å². The van der Waals surface area contributed by atoms with Gasteiger partial charge in [-0.05, 0) is 32.6 Å². The zero-order valence-electron chi connectivity index (χ0n) is 16.2. The molecule has 152 valence electrons. The first-order chi connectivity index (χ1) is 13.5. The normalized spacial score (nSPS) is 22.6. The summed E-state index contributed by atoms with van der Waals surface area (Å²) in [6.45, 7) is 2.46. The van der Waals surface area contributed by atoms with Gasteiger partial charge >= 0.3 is 5.97 Å². The van der Waals surface area contributed by atoms with Crippen molar-refractivity contribution in [3.63, 3.8) is 0 Å². The number of aliphatic carboxylic acids is 1. The number of carboxylic acids is 1. The second kappa shape index (κ2) is 9.03. The lowest BCUT2D eigenvalue weighted by atomic mass is 9.82. The number of hydrogen-bond donors (Lipinski definition) is 3. The average molecular weight is 388 g/mol. The molecule has 3 N–H and O–H groups in total. The summed E-state index contributed by atoms with van der Waals surface area (Å²) in [5, 5.41) is 19.5. The Morgan fingerprint density at radius 1 is 1.14 bits per heavy atom. The van der Waals surface area contributed by atoms with E-state index < -0.39 is 17.8 Å². The molecule has 8 heteroatoms. The second-order valence-electron chi connectivity index (χ2n) is 7.54. The predicted molar refractivity (Wildman–Crippen MR) is 104 cm³/mol. The van der Waals surface area contributed by atoms with Crippen LogP contribution in [-0.4, -0.2) is 38.7 Å². The molecule has 0 aliphatic heterocycles. The first-order valence-corrected chi connectivity index (χ1v) is 10.1. The first-order valence-electron chi connectivity index (χ1n) is 10.1. The van der Waals surface area contributed by atoms with Crippen LogP contribution >= 0.6 is 0 Å². The van der Waals surface area contributed by atoms with E-state index in [0.717, 1.165) is 25.7 Å². The lowest BCUT2D eigenvalue weighted by Crippen LogP contribution is -2.37. The van der Waals surface area contributed by atoms with Gasteiger partial charge in [-0.3, -0.25) is 19.1 Å². The lowest BCUT2D eigenvalue weighted by Gasteiger charge is -2.24.